The monoisotopic (exact) mass is 344 g/mol. The highest BCUT2D eigenvalue weighted by molar-refractivity contribution is 6.30. The number of hydrogen-bond acceptors (Lipinski definition) is 3. The first-order chi connectivity index (χ1) is 10.8. The van der Waals surface area contributed by atoms with E-state index in [-0.39, 0.29) is 5.75 Å². The SMILES string of the molecule is CC(=O)OC(Oc1cccc(C(F)(F)F)c1)c1ccc(Cl)cc1. The molecule has 0 aliphatic carbocycles. The molecule has 122 valence electrons. The summed E-state index contributed by atoms with van der Waals surface area (Å²) in [6.07, 6.45) is -5.66. The Kier molecular flexibility index (Phi) is 5.15. The van der Waals surface area contributed by atoms with Crippen molar-refractivity contribution in [2.24, 2.45) is 0 Å². The van der Waals surface area contributed by atoms with E-state index < -0.39 is 24.0 Å². The number of halogens is 4. The predicted octanol–water partition coefficient (Wildman–Crippen LogP) is 5.00. The summed E-state index contributed by atoms with van der Waals surface area (Å²) in [7, 11) is 0. The third-order valence-corrected chi connectivity index (χ3v) is 3.07. The second-order valence-corrected chi connectivity index (χ2v) is 5.07. The molecule has 0 amide bonds. The van der Waals surface area contributed by atoms with Crippen LogP contribution in [0.15, 0.2) is 48.5 Å². The van der Waals surface area contributed by atoms with E-state index in [9.17, 15) is 18.0 Å². The number of hydrogen-bond donors (Lipinski definition) is 0. The highest BCUT2D eigenvalue weighted by Crippen LogP contribution is 2.33. The average molecular weight is 345 g/mol. The lowest BCUT2D eigenvalue weighted by Crippen LogP contribution is -2.15. The molecule has 1 unspecified atom stereocenters. The second-order valence-electron chi connectivity index (χ2n) is 4.64. The smallest absolute Gasteiger partial charge is 0.416 e. The fraction of sp³-hybridized carbons (Fsp3) is 0.188. The average Bonchev–Trinajstić information content (AvgIpc) is 2.46. The molecule has 0 saturated carbocycles. The number of carbonyl (C=O) groups excluding carboxylic acids is 1. The van der Waals surface area contributed by atoms with E-state index in [2.05, 4.69) is 0 Å². The Morgan fingerprint density at radius 2 is 1.78 bits per heavy atom. The van der Waals surface area contributed by atoms with Crippen LogP contribution in [0.2, 0.25) is 5.02 Å². The molecule has 2 rings (SSSR count). The zero-order valence-corrected chi connectivity index (χ0v) is 12.7. The molecular formula is C16H12ClF3O3. The lowest BCUT2D eigenvalue weighted by molar-refractivity contribution is -0.162. The van der Waals surface area contributed by atoms with Gasteiger partial charge in [-0.3, -0.25) is 4.79 Å². The molecule has 0 fully saturated rings. The summed E-state index contributed by atoms with van der Waals surface area (Å²) >= 11 is 5.78. The molecule has 23 heavy (non-hydrogen) atoms. The van der Waals surface area contributed by atoms with Gasteiger partial charge in [0.2, 0.25) is 0 Å². The van der Waals surface area contributed by atoms with Gasteiger partial charge >= 0.3 is 12.1 Å². The maximum Gasteiger partial charge on any atom is 0.416 e. The van der Waals surface area contributed by atoms with Gasteiger partial charge in [0.05, 0.1) is 5.56 Å². The lowest BCUT2D eigenvalue weighted by atomic mass is 10.2. The molecule has 0 radical (unpaired) electrons. The van der Waals surface area contributed by atoms with E-state index >= 15 is 0 Å². The fourth-order valence-electron chi connectivity index (χ4n) is 1.80. The summed E-state index contributed by atoms with van der Waals surface area (Å²) in [6.45, 7) is 1.18. The number of benzene rings is 2. The number of carbonyl (C=O) groups is 1. The summed E-state index contributed by atoms with van der Waals surface area (Å²) in [5, 5.41) is 0.467. The summed E-state index contributed by atoms with van der Waals surface area (Å²) < 4.78 is 48.6. The molecule has 2 aromatic carbocycles. The molecule has 2 aromatic rings. The van der Waals surface area contributed by atoms with Crippen molar-refractivity contribution in [2.45, 2.75) is 19.4 Å². The normalized spacial score (nSPS) is 12.6. The molecule has 0 N–H and O–H groups in total. The van der Waals surface area contributed by atoms with Crippen molar-refractivity contribution in [2.75, 3.05) is 0 Å². The van der Waals surface area contributed by atoms with E-state index in [1.165, 1.54) is 19.1 Å². The van der Waals surface area contributed by atoms with Crippen LogP contribution in [0.3, 0.4) is 0 Å². The van der Waals surface area contributed by atoms with Crippen molar-refractivity contribution >= 4 is 17.6 Å². The minimum atomic E-state index is -4.49. The maximum atomic E-state index is 12.7. The van der Waals surface area contributed by atoms with E-state index in [0.29, 0.717) is 10.6 Å². The van der Waals surface area contributed by atoms with E-state index in [4.69, 9.17) is 21.1 Å². The Morgan fingerprint density at radius 3 is 2.35 bits per heavy atom. The van der Waals surface area contributed by atoms with Gasteiger partial charge in [-0.2, -0.15) is 13.2 Å². The first-order valence-corrected chi connectivity index (χ1v) is 6.90. The summed E-state index contributed by atoms with van der Waals surface area (Å²) in [5.41, 5.74) is -0.408. The third kappa shape index (κ3) is 4.89. The van der Waals surface area contributed by atoms with Gasteiger partial charge in [-0.1, -0.05) is 29.8 Å². The third-order valence-electron chi connectivity index (χ3n) is 2.82. The van der Waals surface area contributed by atoms with Gasteiger partial charge in [-0.25, -0.2) is 0 Å². The van der Waals surface area contributed by atoms with Crippen LogP contribution in [-0.2, 0) is 15.7 Å². The van der Waals surface area contributed by atoms with Crippen molar-refractivity contribution in [3.8, 4) is 5.75 Å². The number of ether oxygens (including phenoxy) is 2. The van der Waals surface area contributed by atoms with Crippen LogP contribution < -0.4 is 4.74 Å². The van der Waals surface area contributed by atoms with Crippen molar-refractivity contribution < 1.29 is 27.4 Å². The van der Waals surface area contributed by atoms with Crippen LogP contribution in [0.5, 0.6) is 5.75 Å². The summed E-state index contributed by atoms with van der Waals surface area (Å²) in [6, 6.07) is 10.6. The van der Waals surface area contributed by atoms with Crippen molar-refractivity contribution in [1.29, 1.82) is 0 Å². The second kappa shape index (κ2) is 6.91. The maximum absolute atomic E-state index is 12.7. The molecule has 0 heterocycles. The lowest BCUT2D eigenvalue weighted by Gasteiger charge is -2.19. The topological polar surface area (TPSA) is 35.5 Å². The Bertz CT molecular complexity index is 684. The number of alkyl halides is 3. The van der Waals surface area contributed by atoms with Crippen LogP contribution in [0.1, 0.15) is 24.3 Å². The van der Waals surface area contributed by atoms with Crippen LogP contribution >= 0.6 is 11.6 Å². The molecule has 0 saturated heterocycles. The van der Waals surface area contributed by atoms with Crippen LogP contribution in [0, 0.1) is 0 Å². The zero-order chi connectivity index (χ0) is 17.0. The molecular weight excluding hydrogens is 333 g/mol. The molecule has 0 bridgehead atoms. The Hall–Kier alpha value is -2.21. The zero-order valence-electron chi connectivity index (χ0n) is 11.9. The van der Waals surface area contributed by atoms with Crippen LogP contribution in [0.25, 0.3) is 0 Å². The van der Waals surface area contributed by atoms with Gasteiger partial charge in [0.25, 0.3) is 6.29 Å². The van der Waals surface area contributed by atoms with Crippen LogP contribution in [-0.4, -0.2) is 5.97 Å². The highest BCUT2D eigenvalue weighted by Gasteiger charge is 2.31. The predicted molar refractivity (Wildman–Crippen MR) is 78.0 cm³/mol. The quantitative estimate of drug-likeness (QED) is 0.578. The van der Waals surface area contributed by atoms with Gasteiger partial charge in [0.1, 0.15) is 5.75 Å². The largest absolute Gasteiger partial charge is 0.450 e. The van der Waals surface area contributed by atoms with Crippen molar-refractivity contribution in [3.05, 3.63) is 64.7 Å². The molecule has 0 aliphatic heterocycles. The summed E-state index contributed by atoms with van der Waals surface area (Å²) in [4.78, 5) is 11.2. The minimum absolute atomic E-state index is 0.0685. The Balaban J connectivity index is 2.27. The van der Waals surface area contributed by atoms with Crippen LogP contribution in [0.4, 0.5) is 13.2 Å². The first-order valence-electron chi connectivity index (χ1n) is 6.52. The molecule has 0 spiro atoms. The standard InChI is InChI=1S/C16H12ClF3O3/c1-10(21)22-15(11-5-7-13(17)8-6-11)23-14-4-2-3-12(9-14)16(18,19)20/h2-9,15H,1H3. The van der Waals surface area contributed by atoms with Crippen molar-refractivity contribution in [3.63, 3.8) is 0 Å². The van der Waals surface area contributed by atoms with Crippen molar-refractivity contribution in [1.82, 2.24) is 0 Å². The van der Waals surface area contributed by atoms with E-state index in [0.717, 1.165) is 12.1 Å². The number of rotatable bonds is 4. The molecule has 0 aromatic heterocycles. The molecule has 1 atom stereocenters. The van der Waals surface area contributed by atoms with Gasteiger partial charge in [-0.05, 0) is 30.3 Å². The fourth-order valence-corrected chi connectivity index (χ4v) is 1.93. The van der Waals surface area contributed by atoms with Gasteiger partial charge in [-0.15, -0.1) is 0 Å². The molecule has 0 aliphatic rings. The van der Waals surface area contributed by atoms with Gasteiger partial charge < -0.3 is 9.47 Å². The van der Waals surface area contributed by atoms with E-state index in [1.807, 2.05) is 0 Å². The summed E-state index contributed by atoms with van der Waals surface area (Å²) in [5.74, 6) is -0.696. The molecule has 7 heteroatoms. The Morgan fingerprint density at radius 1 is 1.13 bits per heavy atom. The highest BCUT2D eigenvalue weighted by atomic mass is 35.5. The Labute approximate surface area is 135 Å². The molecule has 3 nitrogen and oxygen atoms in total. The number of esters is 1. The van der Waals surface area contributed by atoms with E-state index in [1.54, 1.807) is 24.3 Å². The minimum Gasteiger partial charge on any atom is -0.450 e. The first kappa shape index (κ1) is 17.1. The van der Waals surface area contributed by atoms with Gasteiger partial charge in [0.15, 0.2) is 0 Å². The van der Waals surface area contributed by atoms with Gasteiger partial charge in [0, 0.05) is 17.5 Å².